The SMILES string of the molecule is CC(=O)CN1CC[C@]23c4c5ccc(OC(C)=O)c4O[C@H]2[C@H](N(C(=O)CCCCCCCCCCc2ccccc2)C(C)C)CC[C@H]3[C@H]1C5. The van der Waals surface area contributed by atoms with Gasteiger partial charge in [-0.25, -0.2) is 0 Å². The molecule has 2 heterocycles. The normalized spacial score (nSPS) is 25.4. The molecule has 0 unspecified atom stereocenters. The average molecular weight is 657 g/mol. The van der Waals surface area contributed by atoms with Crippen molar-refractivity contribution in [3.8, 4) is 11.5 Å². The van der Waals surface area contributed by atoms with Crippen LogP contribution in [0.2, 0.25) is 0 Å². The van der Waals surface area contributed by atoms with Crippen molar-refractivity contribution in [1.82, 2.24) is 9.80 Å². The lowest BCUT2D eigenvalue weighted by molar-refractivity contribution is -0.146. The number of carbonyl (C=O) groups excluding carboxylic acids is 3. The Bertz CT molecular complexity index is 1460. The first-order valence-electron chi connectivity index (χ1n) is 18.8. The van der Waals surface area contributed by atoms with E-state index in [0.29, 0.717) is 30.4 Å². The molecular weight excluding hydrogens is 600 g/mol. The molecule has 5 atom stereocenters. The summed E-state index contributed by atoms with van der Waals surface area (Å²) in [5.74, 6) is 1.60. The number of hydrogen-bond acceptors (Lipinski definition) is 6. The van der Waals surface area contributed by atoms with E-state index in [1.807, 2.05) is 6.07 Å². The van der Waals surface area contributed by atoms with Gasteiger partial charge in [-0.05, 0) is 95.4 Å². The summed E-state index contributed by atoms with van der Waals surface area (Å²) in [5.41, 5.74) is 3.62. The van der Waals surface area contributed by atoms with Crippen molar-refractivity contribution < 1.29 is 23.9 Å². The highest BCUT2D eigenvalue weighted by Gasteiger charge is 2.66. The molecule has 7 heteroatoms. The molecule has 2 aliphatic heterocycles. The summed E-state index contributed by atoms with van der Waals surface area (Å²) < 4.78 is 12.7. The molecule has 0 N–H and O–H groups in total. The molecule has 1 saturated carbocycles. The second kappa shape index (κ2) is 15.1. The number of rotatable bonds is 16. The number of unbranched alkanes of at least 4 members (excludes halogenated alkanes) is 7. The predicted molar refractivity (Wildman–Crippen MR) is 188 cm³/mol. The summed E-state index contributed by atoms with van der Waals surface area (Å²) in [6.07, 6.45) is 14.7. The number of piperidine rings is 1. The summed E-state index contributed by atoms with van der Waals surface area (Å²) in [7, 11) is 0. The van der Waals surface area contributed by atoms with Gasteiger partial charge >= 0.3 is 5.97 Å². The topological polar surface area (TPSA) is 76.2 Å². The average Bonchev–Trinajstić information content (AvgIpc) is 3.40. The second-order valence-electron chi connectivity index (χ2n) is 15.3. The van der Waals surface area contributed by atoms with Crippen molar-refractivity contribution in [3.05, 3.63) is 59.2 Å². The minimum Gasteiger partial charge on any atom is -0.483 e. The first-order chi connectivity index (χ1) is 23.2. The van der Waals surface area contributed by atoms with E-state index >= 15 is 0 Å². The van der Waals surface area contributed by atoms with Crippen molar-refractivity contribution in [1.29, 1.82) is 0 Å². The van der Waals surface area contributed by atoms with Gasteiger partial charge < -0.3 is 14.4 Å². The Balaban J connectivity index is 1.09. The Labute approximate surface area is 287 Å². The number of nitrogens with zero attached hydrogens (tertiary/aromatic N) is 2. The molecule has 2 bridgehead atoms. The molecular formula is C41H56N2O5. The molecule has 2 fully saturated rings. The zero-order valence-electron chi connectivity index (χ0n) is 29.7. The number of benzene rings is 2. The van der Waals surface area contributed by atoms with Gasteiger partial charge in [0, 0.05) is 36.4 Å². The Morgan fingerprint density at radius 1 is 0.938 bits per heavy atom. The van der Waals surface area contributed by atoms with Crippen molar-refractivity contribution in [2.45, 2.75) is 147 Å². The first kappa shape index (κ1) is 34.7. The fourth-order valence-corrected chi connectivity index (χ4v) is 9.89. The number of likely N-dealkylation sites (tertiary alicyclic amines) is 1. The fraction of sp³-hybridized carbons (Fsp3) is 0.634. The zero-order chi connectivity index (χ0) is 33.8. The number of carbonyl (C=O) groups is 3. The number of ether oxygens (including phenoxy) is 2. The molecule has 0 aromatic heterocycles. The molecule has 1 spiro atoms. The van der Waals surface area contributed by atoms with Crippen molar-refractivity contribution in [3.63, 3.8) is 0 Å². The highest BCUT2D eigenvalue weighted by atomic mass is 16.6. The quantitative estimate of drug-likeness (QED) is 0.105. The molecule has 2 aromatic rings. The lowest BCUT2D eigenvalue weighted by Crippen LogP contribution is -2.70. The third-order valence-electron chi connectivity index (χ3n) is 11.7. The maximum absolute atomic E-state index is 14.0. The molecule has 4 aliphatic rings. The van der Waals surface area contributed by atoms with Crippen LogP contribution in [0.4, 0.5) is 0 Å². The van der Waals surface area contributed by atoms with Crippen LogP contribution >= 0.6 is 0 Å². The summed E-state index contributed by atoms with van der Waals surface area (Å²) in [6, 6.07) is 15.0. The van der Waals surface area contributed by atoms with Crippen LogP contribution < -0.4 is 9.47 Å². The van der Waals surface area contributed by atoms with Gasteiger partial charge in [0.25, 0.3) is 0 Å². The maximum Gasteiger partial charge on any atom is 0.308 e. The molecule has 6 rings (SSSR count). The van der Waals surface area contributed by atoms with Crippen LogP contribution in [-0.2, 0) is 32.6 Å². The van der Waals surface area contributed by atoms with E-state index in [1.54, 1.807) is 6.92 Å². The Morgan fingerprint density at radius 2 is 1.65 bits per heavy atom. The molecule has 1 saturated heterocycles. The van der Waals surface area contributed by atoms with Gasteiger partial charge in [0.05, 0.1) is 12.6 Å². The van der Waals surface area contributed by atoms with Gasteiger partial charge in [0.15, 0.2) is 11.5 Å². The van der Waals surface area contributed by atoms with Crippen LogP contribution in [0.25, 0.3) is 0 Å². The highest BCUT2D eigenvalue weighted by Crippen LogP contribution is 2.64. The molecule has 0 radical (unpaired) electrons. The zero-order valence-corrected chi connectivity index (χ0v) is 29.7. The van der Waals surface area contributed by atoms with Crippen LogP contribution in [0, 0.1) is 5.92 Å². The molecule has 48 heavy (non-hydrogen) atoms. The second-order valence-corrected chi connectivity index (χ2v) is 15.3. The summed E-state index contributed by atoms with van der Waals surface area (Å²) in [4.78, 5) is 43.0. The highest BCUT2D eigenvalue weighted by molar-refractivity contribution is 5.78. The fourth-order valence-electron chi connectivity index (χ4n) is 9.89. The van der Waals surface area contributed by atoms with E-state index in [4.69, 9.17) is 9.47 Å². The monoisotopic (exact) mass is 656 g/mol. The third kappa shape index (κ3) is 6.94. The van der Waals surface area contributed by atoms with Crippen molar-refractivity contribution in [2.24, 2.45) is 5.92 Å². The van der Waals surface area contributed by atoms with Crippen LogP contribution in [0.3, 0.4) is 0 Å². The third-order valence-corrected chi connectivity index (χ3v) is 11.7. The van der Waals surface area contributed by atoms with Crippen LogP contribution in [-0.4, -0.2) is 64.8 Å². The van der Waals surface area contributed by atoms with Crippen LogP contribution in [0.5, 0.6) is 11.5 Å². The van der Waals surface area contributed by atoms with Crippen LogP contribution in [0.1, 0.15) is 121 Å². The Hall–Kier alpha value is -3.19. The van der Waals surface area contributed by atoms with Crippen LogP contribution in [0.15, 0.2) is 42.5 Å². The lowest BCUT2D eigenvalue weighted by Gasteiger charge is -2.60. The number of esters is 1. The number of aryl methyl sites for hydroxylation is 1. The summed E-state index contributed by atoms with van der Waals surface area (Å²) in [5, 5.41) is 0. The van der Waals surface area contributed by atoms with Crippen molar-refractivity contribution in [2.75, 3.05) is 13.1 Å². The van der Waals surface area contributed by atoms with E-state index in [1.165, 1.54) is 68.6 Å². The van der Waals surface area contributed by atoms with Crippen molar-refractivity contribution >= 4 is 17.7 Å². The molecule has 1 amide bonds. The Morgan fingerprint density at radius 3 is 2.33 bits per heavy atom. The number of Topliss-reactive ketones (excluding diaryl/α,β-unsaturated/α-hetero) is 1. The smallest absolute Gasteiger partial charge is 0.308 e. The number of hydrogen-bond donors (Lipinski definition) is 0. The van der Waals surface area contributed by atoms with E-state index in [2.05, 4.69) is 60.0 Å². The number of amides is 1. The molecule has 2 aliphatic carbocycles. The van der Waals surface area contributed by atoms with E-state index in [9.17, 15) is 14.4 Å². The largest absolute Gasteiger partial charge is 0.483 e. The van der Waals surface area contributed by atoms with Gasteiger partial charge in [0.1, 0.15) is 11.9 Å². The van der Waals surface area contributed by atoms with Gasteiger partial charge in [0.2, 0.25) is 5.91 Å². The standard InChI is InChI=1S/C41H56N2O5/c1-28(2)43(37(46)19-15-10-8-6-5-7-9-12-16-31-17-13-11-14-18-31)34-22-21-33-35-26-32-20-23-36(47-30(4)45)39-38(32)41(33,40(34)48-39)24-25-42(35)27-29(3)44/h11,13-14,17-18,20,23,28,33-35,40H,5-10,12,15-16,19,21-22,24-27H2,1-4H3/t33-,34+,35+,40-,41-/m0/s1. The molecule has 260 valence electrons. The van der Waals surface area contributed by atoms with Gasteiger partial charge in [-0.1, -0.05) is 74.9 Å². The van der Waals surface area contributed by atoms with E-state index < -0.39 is 0 Å². The van der Waals surface area contributed by atoms with Gasteiger partial charge in [-0.2, -0.15) is 0 Å². The van der Waals surface area contributed by atoms with Gasteiger partial charge in [-0.3, -0.25) is 19.3 Å². The first-order valence-corrected chi connectivity index (χ1v) is 18.8. The number of ketones is 1. The lowest BCUT2D eigenvalue weighted by atomic mass is 9.51. The molecule has 7 nitrogen and oxygen atoms in total. The summed E-state index contributed by atoms with van der Waals surface area (Å²) >= 11 is 0. The van der Waals surface area contributed by atoms with E-state index in [-0.39, 0.29) is 47.3 Å². The van der Waals surface area contributed by atoms with E-state index in [0.717, 1.165) is 45.1 Å². The minimum absolute atomic E-state index is 0.0480. The van der Waals surface area contributed by atoms with Gasteiger partial charge in [-0.15, -0.1) is 0 Å². The predicted octanol–water partition coefficient (Wildman–Crippen LogP) is 7.60. The Kier molecular flexibility index (Phi) is 10.9. The minimum atomic E-state index is -0.359. The maximum atomic E-state index is 14.0. The molecule has 2 aromatic carbocycles. The summed E-state index contributed by atoms with van der Waals surface area (Å²) in [6.45, 7) is 8.69.